The van der Waals surface area contributed by atoms with E-state index in [4.69, 9.17) is 4.42 Å². The van der Waals surface area contributed by atoms with Gasteiger partial charge in [-0.2, -0.15) is 0 Å². The van der Waals surface area contributed by atoms with Crippen molar-refractivity contribution >= 4 is 65.6 Å². The predicted octanol–water partition coefficient (Wildman–Crippen LogP) is 14.8. The highest BCUT2D eigenvalue weighted by Gasteiger charge is 2.20. The van der Waals surface area contributed by atoms with Gasteiger partial charge in [0.15, 0.2) is 5.58 Å². The Labute approximate surface area is 328 Å². The van der Waals surface area contributed by atoms with Crippen LogP contribution < -0.4 is 0 Å². The Morgan fingerprint density at radius 1 is 0.281 bits per heavy atom. The Hall–Kier alpha value is -7.62. The summed E-state index contributed by atoms with van der Waals surface area (Å²) in [6.07, 6.45) is 0. The highest BCUT2D eigenvalue weighted by molar-refractivity contribution is 6.15. The number of furan rings is 1. The van der Waals surface area contributed by atoms with Gasteiger partial charge in [0.1, 0.15) is 5.58 Å². The van der Waals surface area contributed by atoms with E-state index in [1.807, 2.05) is 0 Å². The number of rotatable bonds is 5. The molecule has 12 rings (SSSR count). The first kappa shape index (κ1) is 31.7. The lowest BCUT2D eigenvalue weighted by Gasteiger charge is -2.10. The lowest BCUT2D eigenvalue weighted by molar-refractivity contribution is 0.666. The van der Waals surface area contributed by atoms with E-state index in [9.17, 15) is 0 Å². The van der Waals surface area contributed by atoms with E-state index in [1.54, 1.807) is 0 Å². The van der Waals surface area contributed by atoms with Gasteiger partial charge in [-0.05, 0) is 100 Å². The smallest absolute Gasteiger partial charge is 0.159 e. The molecule has 3 aromatic heterocycles. The van der Waals surface area contributed by atoms with Crippen LogP contribution in [0.15, 0.2) is 211 Å². The molecule has 0 atom stereocenters. The van der Waals surface area contributed by atoms with Crippen LogP contribution in [0.4, 0.5) is 0 Å². The van der Waals surface area contributed by atoms with Gasteiger partial charge in [-0.1, -0.05) is 140 Å². The number of nitrogens with zero attached hydrogens (tertiary/aromatic N) is 2. The van der Waals surface area contributed by atoms with Crippen LogP contribution in [-0.2, 0) is 0 Å². The summed E-state index contributed by atoms with van der Waals surface area (Å²) in [6.45, 7) is 0. The van der Waals surface area contributed by atoms with E-state index in [0.29, 0.717) is 0 Å². The first-order chi connectivity index (χ1) is 28.3. The minimum Gasteiger partial charge on any atom is -0.454 e. The molecule has 9 aromatic carbocycles. The molecule has 0 aliphatic rings. The van der Waals surface area contributed by atoms with Gasteiger partial charge in [-0.15, -0.1) is 0 Å². The van der Waals surface area contributed by atoms with Crippen LogP contribution in [-0.4, -0.2) is 9.13 Å². The summed E-state index contributed by atoms with van der Waals surface area (Å²) in [5.41, 5.74) is 15.7. The van der Waals surface area contributed by atoms with Crippen molar-refractivity contribution in [2.75, 3.05) is 0 Å². The van der Waals surface area contributed by atoms with E-state index >= 15 is 0 Å². The Morgan fingerprint density at radius 2 is 0.754 bits per heavy atom. The molecule has 3 nitrogen and oxygen atoms in total. The van der Waals surface area contributed by atoms with Gasteiger partial charge in [0.05, 0.1) is 27.8 Å². The maximum absolute atomic E-state index is 6.87. The summed E-state index contributed by atoms with van der Waals surface area (Å²) >= 11 is 0. The Kier molecular flexibility index (Phi) is 6.93. The van der Waals surface area contributed by atoms with Crippen LogP contribution in [0.5, 0.6) is 0 Å². The lowest BCUT2D eigenvalue weighted by Crippen LogP contribution is -1.94. The predicted molar refractivity (Wildman–Crippen MR) is 239 cm³/mol. The molecule has 57 heavy (non-hydrogen) atoms. The molecule has 0 fully saturated rings. The van der Waals surface area contributed by atoms with Crippen molar-refractivity contribution in [1.29, 1.82) is 0 Å². The molecule has 0 amide bonds. The van der Waals surface area contributed by atoms with Crippen LogP contribution >= 0.6 is 0 Å². The minimum atomic E-state index is 0.867. The van der Waals surface area contributed by atoms with Gasteiger partial charge >= 0.3 is 0 Å². The van der Waals surface area contributed by atoms with Crippen LogP contribution in [0, 0.1) is 0 Å². The number of hydrogen-bond acceptors (Lipinski definition) is 1. The average molecular weight is 727 g/mol. The van der Waals surface area contributed by atoms with Crippen molar-refractivity contribution < 1.29 is 4.42 Å². The van der Waals surface area contributed by atoms with Crippen molar-refractivity contribution in [2.24, 2.45) is 0 Å². The molecule has 0 N–H and O–H groups in total. The topological polar surface area (TPSA) is 23.0 Å². The number of aromatic nitrogens is 2. The fourth-order valence-electron chi connectivity index (χ4n) is 9.05. The minimum absolute atomic E-state index is 0.867. The zero-order chi connectivity index (χ0) is 37.5. The summed E-state index contributed by atoms with van der Waals surface area (Å²) in [5.74, 6) is 0. The van der Waals surface area contributed by atoms with Gasteiger partial charge in [-0.25, -0.2) is 0 Å². The van der Waals surface area contributed by atoms with Gasteiger partial charge in [0, 0.05) is 38.0 Å². The standard InChI is InChI=1S/C54H34N2O/c1-4-13-35(14-5-1)38-23-27-49-44(31-38)42-19-10-11-21-48(42)55(49)41-26-30-53-47(34-41)43-20-12-22-52(54(43)57-53)56-50-28-24-39(36-15-6-2-7-16-36)32-45(50)46-33-40(25-29-51(46)56)37-17-8-3-9-18-37/h1-34H. The summed E-state index contributed by atoms with van der Waals surface area (Å²) in [5, 5.41) is 7.08. The molecule has 0 saturated heterocycles. The maximum atomic E-state index is 6.87. The largest absolute Gasteiger partial charge is 0.454 e. The number of benzene rings is 9. The number of fused-ring (bicyclic) bond motifs is 9. The summed E-state index contributed by atoms with van der Waals surface area (Å²) in [7, 11) is 0. The van der Waals surface area contributed by atoms with Crippen molar-refractivity contribution in [3.05, 3.63) is 206 Å². The normalized spacial score (nSPS) is 11.9. The molecular weight excluding hydrogens is 693 g/mol. The van der Waals surface area contributed by atoms with Crippen molar-refractivity contribution in [3.63, 3.8) is 0 Å². The highest BCUT2D eigenvalue weighted by atomic mass is 16.3. The van der Waals surface area contributed by atoms with E-state index in [-0.39, 0.29) is 0 Å². The molecule has 12 aromatic rings. The van der Waals surface area contributed by atoms with Gasteiger partial charge in [0.25, 0.3) is 0 Å². The molecule has 3 heteroatoms. The fraction of sp³-hybridized carbons (Fsp3) is 0. The van der Waals surface area contributed by atoms with E-state index in [2.05, 4.69) is 215 Å². The summed E-state index contributed by atoms with van der Waals surface area (Å²) < 4.78 is 11.7. The third-order valence-corrected chi connectivity index (χ3v) is 11.7. The van der Waals surface area contributed by atoms with Crippen molar-refractivity contribution in [3.8, 4) is 44.8 Å². The first-order valence-electron chi connectivity index (χ1n) is 19.5. The van der Waals surface area contributed by atoms with Gasteiger partial charge in [0.2, 0.25) is 0 Å². The monoisotopic (exact) mass is 726 g/mol. The Bertz CT molecular complexity index is 3400. The second-order valence-corrected chi connectivity index (χ2v) is 14.9. The lowest BCUT2D eigenvalue weighted by atomic mass is 10.0. The van der Waals surface area contributed by atoms with Crippen LogP contribution in [0.3, 0.4) is 0 Å². The third kappa shape index (κ3) is 4.92. The molecule has 0 spiro atoms. The molecule has 0 aliphatic carbocycles. The number of para-hydroxylation sites is 2. The molecule has 266 valence electrons. The van der Waals surface area contributed by atoms with Crippen molar-refractivity contribution in [1.82, 2.24) is 9.13 Å². The van der Waals surface area contributed by atoms with Crippen LogP contribution in [0.25, 0.3) is 110 Å². The molecule has 0 saturated carbocycles. The second-order valence-electron chi connectivity index (χ2n) is 14.9. The van der Waals surface area contributed by atoms with Gasteiger partial charge in [-0.3, -0.25) is 0 Å². The second kappa shape index (κ2) is 12.5. The quantitative estimate of drug-likeness (QED) is 0.173. The van der Waals surface area contributed by atoms with Gasteiger partial charge < -0.3 is 13.6 Å². The Balaban J connectivity index is 1.06. The van der Waals surface area contributed by atoms with E-state index in [0.717, 1.165) is 44.3 Å². The van der Waals surface area contributed by atoms with Crippen LogP contribution in [0.2, 0.25) is 0 Å². The summed E-state index contributed by atoms with van der Waals surface area (Å²) in [4.78, 5) is 0. The van der Waals surface area contributed by atoms with Crippen LogP contribution in [0.1, 0.15) is 0 Å². The van der Waals surface area contributed by atoms with Crippen molar-refractivity contribution in [2.45, 2.75) is 0 Å². The third-order valence-electron chi connectivity index (χ3n) is 11.7. The molecule has 0 unspecified atom stereocenters. The van der Waals surface area contributed by atoms with E-state index < -0.39 is 0 Å². The first-order valence-corrected chi connectivity index (χ1v) is 19.5. The molecule has 3 heterocycles. The molecule has 0 aliphatic heterocycles. The summed E-state index contributed by atoms with van der Waals surface area (Å²) in [6, 6.07) is 74.4. The molecule has 0 radical (unpaired) electrons. The SMILES string of the molecule is c1ccc(-c2ccc3c(c2)c2ccccc2n3-c2ccc3oc4c(-n5c6ccc(-c7ccccc7)cc6c6cc(-c7ccccc7)ccc65)cccc4c3c2)cc1. The fourth-order valence-corrected chi connectivity index (χ4v) is 9.05. The van der Waals surface area contributed by atoms with E-state index in [1.165, 1.54) is 66.0 Å². The zero-order valence-corrected chi connectivity index (χ0v) is 30.9. The number of hydrogen-bond donors (Lipinski definition) is 0. The molecule has 0 bridgehead atoms. The maximum Gasteiger partial charge on any atom is 0.159 e. The Morgan fingerprint density at radius 3 is 1.33 bits per heavy atom. The average Bonchev–Trinajstić information content (AvgIpc) is 3.94. The zero-order valence-electron chi connectivity index (χ0n) is 30.9. The highest BCUT2D eigenvalue weighted by Crippen LogP contribution is 2.42. The molecular formula is C54H34N2O.